The van der Waals surface area contributed by atoms with Crippen LogP contribution >= 0.6 is 0 Å². The lowest BCUT2D eigenvalue weighted by atomic mass is 9.91. The van der Waals surface area contributed by atoms with Crippen molar-refractivity contribution in [2.45, 2.75) is 40.3 Å². The van der Waals surface area contributed by atoms with Crippen LogP contribution in [0.5, 0.6) is 0 Å². The van der Waals surface area contributed by atoms with Crippen LogP contribution in [-0.4, -0.2) is 82.9 Å². The van der Waals surface area contributed by atoms with Gasteiger partial charge in [0.25, 0.3) is 5.56 Å². The van der Waals surface area contributed by atoms with Crippen LogP contribution in [0.25, 0.3) is 0 Å². The molecule has 184 valence electrons. The molecular weight excluding hydrogens is 428 g/mol. The molecule has 3 heterocycles. The van der Waals surface area contributed by atoms with Gasteiger partial charge in [-0.3, -0.25) is 24.4 Å². The highest BCUT2D eigenvalue weighted by Gasteiger charge is 2.26. The van der Waals surface area contributed by atoms with Crippen LogP contribution in [0.2, 0.25) is 0 Å². The summed E-state index contributed by atoms with van der Waals surface area (Å²) in [5, 5.41) is 0. The fraction of sp³-hybridized carbons (Fsp3) is 0.577. The summed E-state index contributed by atoms with van der Waals surface area (Å²) in [4.78, 5) is 41.4. The zero-order valence-electron chi connectivity index (χ0n) is 20.8. The van der Waals surface area contributed by atoms with Crippen LogP contribution in [0.3, 0.4) is 0 Å². The van der Waals surface area contributed by atoms with Gasteiger partial charge in [-0.15, -0.1) is 0 Å². The lowest BCUT2D eigenvalue weighted by Gasteiger charge is -2.36. The van der Waals surface area contributed by atoms with Crippen molar-refractivity contribution in [2.24, 2.45) is 5.41 Å². The summed E-state index contributed by atoms with van der Waals surface area (Å²) in [5.74, 6) is 0.821. The summed E-state index contributed by atoms with van der Waals surface area (Å²) >= 11 is 0. The number of hydrogen-bond donors (Lipinski definition) is 1. The molecule has 8 heteroatoms. The normalized spacial score (nSPS) is 18.3. The van der Waals surface area contributed by atoms with Gasteiger partial charge < -0.3 is 9.80 Å². The van der Waals surface area contributed by atoms with Crippen molar-refractivity contribution in [3.05, 3.63) is 58.0 Å². The van der Waals surface area contributed by atoms with Gasteiger partial charge in [-0.05, 0) is 11.0 Å². The number of rotatable bonds is 6. The van der Waals surface area contributed by atoms with Gasteiger partial charge in [0.15, 0.2) is 0 Å². The zero-order chi connectivity index (χ0) is 24.1. The first-order valence-electron chi connectivity index (χ1n) is 12.4. The molecule has 2 aromatic rings. The Morgan fingerprint density at radius 1 is 0.912 bits per heavy atom. The third-order valence-electron chi connectivity index (χ3n) is 6.50. The molecule has 0 atom stereocenters. The largest absolute Gasteiger partial charge is 0.339 e. The van der Waals surface area contributed by atoms with Gasteiger partial charge in [-0.2, -0.15) is 0 Å². The second-order valence-corrected chi connectivity index (χ2v) is 10.7. The van der Waals surface area contributed by atoms with Crippen molar-refractivity contribution >= 4 is 11.9 Å². The summed E-state index contributed by atoms with van der Waals surface area (Å²) in [6.07, 6.45) is 0.552. The third-order valence-corrected chi connectivity index (χ3v) is 6.50. The average molecular weight is 467 g/mol. The van der Waals surface area contributed by atoms with Crippen molar-refractivity contribution in [3.8, 4) is 0 Å². The molecule has 8 nitrogen and oxygen atoms in total. The molecule has 1 N–H and O–H groups in total. The van der Waals surface area contributed by atoms with Crippen LogP contribution in [0.1, 0.15) is 38.4 Å². The molecule has 0 bridgehead atoms. The lowest BCUT2D eigenvalue weighted by molar-refractivity contribution is -0.133. The van der Waals surface area contributed by atoms with Crippen LogP contribution in [0.15, 0.2) is 41.2 Å². The quantitative estimate of drug-likeness (QED) is 0.703. The van der Waals surface area contributed by atoms with Crippen LogP contribution in [-0.2, 0) is 17.9 Å². The maximum absolute atomic E-state index is 12.5. The maximum Gasteiger partial charge on any atom is 0.252 e. The SMILES string of the molecule is CC(C)(C)CC(=O)N1CCN(c2nc(CN3CCN(Cc4ccccc4)CC3)cc(=O)[nH]2)CC1. The summed E-state index contributed by atoms with van der Waals surface area (Å²) < 4.78 is 0. The lowest BCUT2D eigenvalue weighted by Crippen LogP contribution is -2.50. The second-order valence-electron chi connectivity index (χ2n) is 10.7. The smallest absolute Gasteiger partial charge is 0.252 e. The molecular formula is C26H38N6O2. The first kappa shape index (κ1) is 24.4. The standard InChI is InChI=1S/C26H38N6O2/c1-26(2,3)18-24(34)31-13-15-32(16-14-31)25-27-22(17-23(33)28-25)20-30-11-9-29(10-12-30)19-21-7-5-4-6-8-21/h4-8,17H,9-16,18-20H2,1-3H3,(H,27,28,33). The predicted molar refractivity (Wildman–Crippen MR) is 135 cm³/mol. The summed E-state index contributed by atoms with van der Waals surface area (Å²) in [7, 11) is 0. The molecule has 0 saturated carbocycles. The van der Waals surface area contributed by atoms with E-state index in [2.05, 4.69) is 70.8 Å². The number of amides is 1. The van der Waals surface area contributed by atoms with E-state index in [9.17, 15) is 9.59 Å². The fourth-order valence-electron chi connectivity index (χ4n) is 4.63. The van der Waals surface area contributed by atoms with E-state index in [0.717, 1.165) is 38.4 Å². The van der Waals surface area contributed by atoms with E-state index >= 15 is 0 Å². The zero-order valence-corrected chi connectivity index (χ0v) is 20.8. The number of carbonyl (C=O) groups excluding carboxylic acids is 1. The number of nitrogens with zero attached hydrogens (tertiary/aromatic N) is 5. The first-order valence-corrected chi connectivity index (χ1v) is 12.4. The molecule has 2 aliphatic rings. The second kappa shape index (κ2) is 10.7. The number of benzene rings is 1. The number of H-pyrrole nitrogens is 1. The molecule has 2 aliphatic heterocycles. The molecule has 2 saturated heterocycles. The Kier molecular flexibility index (Phi) is 7.68. The van der Waals surface area contributed by atoms with E-state index in [0.29, 0.717) is 45.1 Å². The number of carbonyl (C=O) groups is 1. The van der Waals surface area contributed by atoms with E-state index < -0.39 is 0 Å². The number of piperazine rings is 2. The third kappa shape index (κ3) is 6.90. The van der Waals surface area contributed by atoms with E-state index in [1.165, 1.54) is 5.56 Å². The van der Waals surface area contributed by atoms with E-state index in [-0.39, 0.29) is 16.9 Å². The molecule has 0 radical (unpaired) electrons. The van der Waals surface area contributed by atoms with E-state index in [1.54, 1.807) is 6.07 Å². The Balaban J connectivity index is 1.29. The Hall–Kier alpha value is -2.71. The van der Waals surface area contributed by atoms with E-state index in [1.807, 2.05) is 4.90 Å². The van der Waals surface area contributed by atoms with Crippen molar-refractivity contribution in [1.29, 1.82) is 0 Å². The summed E-state index contributed by atoms with van der Waals surface area (Å²) in [6, 6.07) is 12.2. The number of anilines is 1. The molecule has 0 spiro atoms. The van der Waals surface area contributed by atoms with Gasteiger partial charge >= 0.3 is 0 Å². The molecule has 0 aliphatic carbocycles. The van der Waals surface area contributed by atoms with Gasteiger partial charge in [-0.25, -0.2) is 4.98 Å². The number of nitrogens with one attached hydrogen (secondary N) is 1. The molecule has 34 heavy (non-hydrogen) atoms. The molecule has 1 aromatic heterocycles. The molecule has 2 fully saturated rings. The average Bonchev–Trinajstić information content (AvgIpc) is 2.80. The fourth-order valence-corrected chi connectivity index (χ4v) is 4.63. The van der Waals surface area contributed by atoms with Crippen molar-refractivity contribution < 1.29 is 4.79 Å². The molecule has 1 amide bonds. The Bertz CT molecular complexity index is 1000. The molecule has 0 unspecified atom stereocenters. The Morgan fingerprint density at radius 3 is 2.15 bits per heavy atom. The predicted octanol–water partition coefficient (Wildman–Crippen LogP) is 2.17. The minimum atomic E-state index is -0.117. The number of aromatic amines is 1. The van der Waals surface area contributed by atoms with Crippen molar-refractivity contribution in [2.75, 3.05) is 57.3 Å². The summed E-state index contributed by atoms with van der Waals surface area (Å²) in [5.41, 5.74) is 2.02. The van der Waals surface area contributed by atoms with Gasteiger partial charge in [0, 0.05) is 77.9 Å². The van der Waals surface area contributed by atoms with Crippen LogP contribution in [0.4, 0.5) is 5.95 Å². The van der Waals surface area contributed by atoms with Crippen LogP contribution < -0.4 is 10.5 Å². The van der Waals surface area contributed by atoms with Gasteiger partial charge in [0.05, 0.1) is 5.69 Å². The molecule has 1 aromatic carbocycles. The highest BCUT2D eigenvalue weighted by atomic mass is 16.2. The van der Waals surface area contributed by atoms with Crippen molar-refractivity contribution in [1.82, 2.24) is 24.7 Å². The van der Waals surface area contributed by atoms with Gasteiger partial charge in [0.2, 0.25) is 11.9 Å². The van der Waals surface area contributed by atoms with Crippen LogP contribution in [0, 0.1) is 5.41 Å². The highest BCUT2D eigenvalue weighted by molar-refractivity contribution is 5.77. The maximum atomic E-state index is 12.5. The first-order chi connectivity index (χ1) is 16.2. The highest BCUT2D eigenvalue weighted by Crippen LogP contribution is 2.21. The minimum absolute atomic E-state index is 0.0115. The number of aromatic nitrogens is 2. The van der Waals surface area contributed by atoms with Gasteiger partial charge in [-0.1, -0.05) is 51.1 Å². The summed E-state index contributed by atoms with van der Waals surface area (Å²) in [6.45, 7) is 14.5. The van der Waals surface area contributed by atoms with Crippen molar-refractivity contribution in [3.63, 3.8) is 0 Å². The minimum Gasteiger partial charge on any atom is -0.339 e. The van der Waals surface area contributed by atoms with E-state index in [4.69, 9.17) is 4.98 Å². The topological polar surface area (TPSA) is 75.8 Å². The Labute approximate surface area is 202 Å². The Morgan fingerprint density at radius 2 is 1.53 bits per heavy atom. The van der Waals surface area contributed by atoms with Gasteiger partial charge in [0.1, 0.15) is 0 Å². The number of hydrogen-bond acceptors (Lipinski definition) is 6. The molecule has 4 rings (SSSR count). The monoisotopic (exact) mass is 466 g/mol.